The lowest BCUT2D eigenvalue weighted by molar-refractivity contribution is -0.152. The fourth-order valence-corrected chi connectivity index (χ4v) is 9.50. The second kappa shape index (κ2) is 16.8. The molecule has 6 rings (SSSR count). The number of alkyl halides is 4. The minimum atomic E-state index is -4.88. The molecule has 3 N–H and O–H groups in total. The standard InChI is InChI=1S/C41H53F4N5O10S/c1-22-10-8-9-11-25-20-41(25,36(53)49-61(55,56)40(14-15-40)35(42)43)48-32(51)29-19-27(59-33-28-13-12-26(57-6)17-24(28)18-30(46-33)58-7)21-50(29)34(52)31(23(2)16-22)47-37(54)60-38(3,4)39(5,44)45/h9,11-13,17-18,22-23,25,27,29,31,35H,8,10,14-16,19-21H2,1-7H3,(H,47,54)(H,48,51)(H,49,53). The molecule has 3 fully saturated rings. The third-order valence-corrected chi connectivity index (χ3v) is 14.6. The molecule has 2 aromatic rings. The van der Waals surface area contributed by atoms with E-state index in [9.17, 15) is 45.2 Å². The summed E-state index contributed by atoms with van der Waals surface area (Å²) in [5.74, 6) is -6.95. The van der Waals surface area contributed by atoms with E-state index in [2.05, 4.69) is 15.6 Å². The molecule has 3 heterocycles. The van der Waals surface area contributed by atoms with Crippen LogP contribution >= 0.6 is 0 Å². The monoisotopic (exact) mass is 883 g/mol. The summed E-state index contributed by atoms with van der Waals surface area (Å²) in [6.45, 7) is 6.00. The van der Waals surface area contributed by atoms with Gasteiger partial charge in [0.15, 0.2) is 10.3 Å². The Balaban J connectivity index is 1.37. The zero-order valence-electron chi connectivity index (χ0n) is 35.1. The Morgan fingerprint density at radius 3 is 2.38 bits per heavy atom. The third kappa shape index (κ3) is 9.19. The molecule has 0 radical (unpaired) electrons. The fourth-order valence-electron chi connectivity index (χ4n) is 8.00. The second-order valence-electron chi connectivity index (χ2n) is 17.3. The van der Waals surface area contributed by atoms with Gasteiger partial charge in [0.2, 0.25) is 33.6 Å². The van der Waals surface area contributed by atoms with Crippen LogP contribution < -0.4 is 29.6 Å². The molecular formula is C41H53F4N5O10S. The van der Waals surface area contributed by atoms with Crippen LogP contribution in [0.3, 0.4) is 0 Å². The molecule has 7 unspecified atom stereocenters. The maximum Gasteiger partial charge on any atom is 0.408 e. The Hall–Kier alpha value is -4.88. The number of sulfonamides is 1. The lowest BCUT2D eigenvalue weighted by Gasteiger charge is -2.35. The summed E-state index contributed by atoms with van der Waals surface area (Å²) in [6, 6.07) is 3.95. The van der Waals surface area contributed by atoms with Gasteiger partial charge in [-0.15, -0.1) is 0 Å². The highest BCUT2D eigenvalue weighted by Crippen LogP contribution is 2.50. The maximum absolute atomic E-state index is 14.9. The number of benzene rings is 1. The van der Waals surface area contributed by atoms with E-state index in [1.807, 2.05) is 11.6 Å². The zero-order chi connectivity index (χ0) is 44.9. The van der Waals surface area contributed by atoms with E-state index < -0.39 is 92.1 Å². The highest BCUT2D eigenvalue weighted by molar-refractivity contribution is 7.91. The van der Waals surface area contributed by atoms with Gasteiger partial charge in [-0.3, -0.25) is 19.1 Å². The number of nitrogens with zero attached hydrogens (tertiary/aromatic N) is 2. The van der Waals surface area contributed by atoms with E-state index in [0.717, 1.165) is 18.7 Å². The van der Waals surface area contributed by atoms with Gasteiger partial charge < -0.3 is 34.5 Å². The van der Waals surface area contributed by atoms with Gasteiger partial charge in [-0.2, -0.15) is 4.98 Å². The van der Waals surface area contributed by atoms with Gasteiger partial charge >= 0.3 is 6.09 Å². The van der Waals surface area contributed by atoms with Crippen LogP contribution in [0.25, 0.3) is 10.8 Å². The van der Waals surface area contributed by atoms with Crippen LogP contribution in [0.2, 0.25) is 0 Å². The van der Waals surface area contributed by atoms with Crippen LogP contribution in [0.4, 0.5) is 22.4 Å². The first kappa shape index (κ1) is 45.6. The fraction of sp³-hybridized carbons (Fsp3) is 0.634. The molecule has 15 nitrogen and oxygen atoms in total. The third-order valence-electron chi connectivity index (χ3n) is 12.5. The first-order chi connectivity index (χ1) is 28.5. The molecule has 1 aromatic carbocycles. The predicted octanol–water partition coefficient (Wildman–Crippen LogP) is 5.26. The van der Waals surface area contributed by atoms with Crippen molar-refractivity contribution in [1.29, 1.82) is 0 Å². The molecule has 2 aliphatic heterocycles. The molecule has 4 aliphatic rings. The van der Waals surface area contributed by atoms with Crippen molar-refractivity contribution in [3.05, 3.63) is 36.4 Å². The van der Waals surface area contributed by atoms with E-state index in [1.165, 1.54) is 14.2 Å². The minimum absolute atomic E-state index is 0.0629. The van der Waals surface area contributed by atoms with Crippen molar-refractivity contribution in [2.45, 2.75) is 126 Å². The lowest BCUT2D eigenvalue weighted by Crippen LogP contribution is -2.60. The highest BCUT2D eigenvalue weighted by atomic mass is 32.2. The van der Waals surface area contributed by atoms with Crippen molar-refractivity contribution >= 4 is 44.6 Å². The van der Waals surface area contributed by atoms with E-state index >= 15 is 0 Å². The summed E-state index contributed by atoms with van der Waals surface area (Å²) in [7, 11) is -1.97. The predicted molar refractivity (Wildman–Crippen MR) is 213 cm³/mol. The van der Waals surface area contributed by atoms with Crippen LogP contribution in [0.1, 0.15) is 79.6 Å². The van der Waals surface area contributed by atoms with Crippen LogP contribution in [-0.2, 0) is 29.1 Å². The number of nitrogens with one attached hydrogen (secondary N) is 3. The minimum Gasteiger partial charge on any atom is -0.497 e. The number of hydrogen-bond acceptors (Lipinski definition) is 11. The van der Waals surface area contributed by atoms with Crippen LogP contribution in [0, 0.1) is 17.8 Å². The largest absolute Gasteiger partial charge is 0.497 e. The van der Waals surface area contributed by atoms with E-state index in [0.29, 0.717) is 42.7 Å². The average Bonchev–Trinajstić information content (AvgIpc) is 4.09. The number of fused-ring (bicyclic) bond motifs is 3. The van der Waals surface area contributed by atoms with E-state index in [1.54, 1.807) is 43.3 Å². The Kier molecular flexibility index (Phi) is 12.5. The molecule has 0 spiro atoms. The molecule has 1 saturated heterocycles. The molecular weight excluding hydrogens is 831 g/mol. The molecule has 2 aliphatic carbocycles. The smallest absolute Gasteiger partial charge is 0.408 e. The van der Waals surface area contributed by atoms with Gasteiger partial charge in [-0.25, -0.2) is 30.8 Å². The Bertz CT molecular complexity index is 2180. The summed E-state index contributed by atoms with van der Waals surface area (Å²) in [5.41, 5.74) is -4.15. The van der Waals surface area contributed by atoms with Gasteiger partial charge in [0.1, 0.15) is 29.5 Å². The molecule has 336 valence electrons. The molecule has 20 heteroatoms. The van der Waals surface area contributed by atoms with Gasteiger partial charge in [-0.05, 0) is 87.8 Å². The molecule has 2 saturated carbocycles. The zero-order valence-corrected chi connectivity index (χ0v) is 35.9. The number of carbonyl (C=O) groups is 4. The lowest BCUT2D eigenvalue weighted by atomic mass is 9.88. The summed E-state index contributed by atoms with van der Waals surface area (Å²) in [5, 5.41) is 6.33. The van der Waals surface area contributed by atoms with E-state index in [-0.39, 0.29) is 49.9 Å². The number of ether oxygens (including phenoxy) is 4. The first-order valence-electron chi connectivity index (χ1n) is 20.2. The number of carbonyl (C=O) groups excluding carboxylic acids is 4. The number of halogens is 4. The number of pyridine rings is 1. The summed E-state index contributed by atoms with van der Waals surface area (Å²) in [6.07, 6.45) is -1.60. The number of allylic oxidation sites excluding steroid dienone is 1. The van der Waals surface area contributed by atoms with Gasteiger partial charge in [0.25, 0.3) is 18.3 Å². The Labute approximate surface area is 351 Å². The van der Waals surface area contributed by atoms with Crippen molar-refractivity contribution in [3.8, 4) is 17.5 Å². The number of rotatable bonds is 11. The first-order valence-corrected chi connectivity index (χ1v) is 21.7. The normalized spacial score (nSPS) is 28.1. The van der Waals surface area contributed by atoms with Crippen LogP contribution in [-0.4, -0.2) is 109 Å². The van der Waals surface area contributed by atoms with Gasteiger partial charge in [0.05, 0.1) is 20.8 Å². The van der Waals surface area contributed by atoms with Crippen molar-refractivity contribution < 1.29 is 64.1 Å². The Morgan fingerprint density at radius 1 is 1.05 bits per heavy atom. The summed E-state index contributed by atoms with van der Waals surface area (Å²) >= 11 is 0. The molecule has 0 bridgehead atoms. The van der Waals surface area contributed by atoms with Crippen molar-refractivity contribution in [2.75, 3.05) is 20.8 Å². The van der Waals surface area contributed by atoms with Crippen molar-refractivity contribution in [3.63, 3.8) is 0 Å². The van der Waals surface area contributed by atoms with E-state index in [4.69, 9.17) is 18.9 Å². The second-order valence-corrected chi connectivity index (χ2v) is 19.4. The molecule has 1 aromatic heterocycles. The molecule has 7 atom stereocenters. The maximum atomic E-state index is 14.9. The Morgan fingerprint density at radius 2 is 1.75 bits per heavy atom. The van der Waals surface area contributed by atoms with Gasteiger partial charge in [-0.1, -0.05) is 26.0 Å². The topological polar surface area (TPSA) is 192 Å². The number of hydrogen-bond donors (Lipinski definition) is 3. The average molecular weight is 884 g/mol. The van der Waals surface area contributed by atoms with Crippen molar-refractivity contribution in [1.82, 2.24) is 25.2 Å². The molecule has 61 heavy (non-hydrogen) atoms. The summed E-state index contributed by atoms with van der Waals surface area (Å²) in [4.78, 5) is 62.3. The molecule has 4 amide bonds. The number of amides is 4. The van der Waals surface area contributed by atoms with Crippen LogP contribution in [0.15, 0.2) is 36.4 Å². The number of alkyl carbamates (subject to hydrolysis) is 1. The highest BCUT2D eigenvalue weighted by Gasteiger charge is 2.66. The van der Waals surface area contributed by atoms with Gasteiger partial charge in [0, 0.05) is 30.7 Å². The number of aromatic nitrogens is 1. The van der Waals surface area contributed by atoms with Crippen molar-refractivity contribution in [2.24, 2.45) is 17.8 Å². The van der Waals surface area contributed by atoms with Crippen LogP contribution in [0.5, 0.6) is 17.5 Å². The summed E-state index contributed by atoms with van der Waals surface area (Å²) < 4.78 is 105. The quantitative estimate of drug-likeness (QED) is 0.197. The number of methoxy groups -OCH3 is 2. The SMILES string of the molecule is COc1ccc2c(OC3CC4C(=O)NC5(C(=O)NS(=O)(=O)C6(C(F)F)CC6)CC5C=CCCC(C)CC(C)C(NC(=O)OC(C)(C)C(C)(F)F)C(=O)N4C3)nc(OC)cc2c1.